The van der Waals surface area contributed by atoms with Crippen molar-refractivity contribution in [3.8, 4) is 0 Å². The van der Waals surface area contributed by atoms with Gasteiger partial charge in [0.25, 0.3) is 0 Å². The molecular formula is C8H18N4O2S. The minimum absolute atomic E-state index is 0.127. The molecule has 15 heavy (non-hydrogen) atoms. The number of rotatable bonds is 4. The highest BCUT2D eigenvalue weighted by Crippen LogP contribution is 2.07. The van der Waals surface area contributed by atoms with E-state index < -0.39 is 10.0 Å². The van der Waals surface area contributed by atoms with Gasteiger partial charge in [-0.2, -0.15) is 4.31 Å². The summed E-state index contributed by atoms with van der Waals surface area (Å²) in [6, 6.07) is 0. The second-order valence-electron chi connectivity index (χ2n) is 3.60. The maximum Gasteiger partial charge on any atom is 0.213 e. The number of sulfonamides is 1. The van der Waals surface area contributed by atoms with Gasteiger partial charge in [0.05, 0.1) is 12.3 Å². The Morgan fingerprint density at radius 1 is 1.33 bits per heavy atom. The van der Waals surface area contributed by atoms with Gasteiger partial charge < -0.3 is 5.73 Å². The molecule has 0 radical (unpaired) electrons. The molecule has 0 unspecified atom stereocenters. The number of nitrogens with one attached hydrogen (secondary N) is 1. The fourth-order valence-electron chi connectivity index (χ4n) is 1.59. The van der Waals surface area contributed by atoms with Crippen molar-refractivity contribution in [2.45, 2.75) is 6.92 Å². The fraction of sp³-hybridized carbons (Fsp3) is 0.875. The summed E-state index contributed by atoms with van der Waals surface area (Å²) >= 11 is 0. The van der Waals surface area contributed by atoms with Gasteiger partial charge >= 0.3 is 0 Å². The molecular weight excluding hydrogens is 216 g/mol. The van der Waals surface area contributed by atoms with Crippen molar-refractivity contribution in [1.82, 2.24) is 9.21 Å². The summed E-state index contributed by atoms with van der Waals surface area (Å²) in [5.41, 5.74) is 5.28. The summed E-state index contributed by atoms with van der Waals surface area (Å²) in [4.78, 5) is 1.99. The molecule has 7 heteroatoms. The first kappa shape index (κ1) is 12.4. The van der Waals surface area contributed by atoms with Crippen molar-refractivity contribution >= 4 is 15.9 Å². The lowest BCUT2D eigenvalue weighted by Gasteiger charge is -2.33. The smallest absolute Gasteiger partial charge is 0.213 e. The highest BCUT2D eigenvalue weighted by atomic mass is 32.2. The fourth-order valence-corrected chi connectivity index (χ4v) is 2.67. The lowest BCUT2D eigenvalue weighted by atomic mass is 10.3. The molecule has 6 nitrogen and oxygen atoms in total. The third kappa shape index (κ3) is 3.44. The quantitative estimate of drug-likeness (QED) is 0.477. The number of hydrogen-bond donors (Lipinski definition) is 2. The van der Waals surface area contributed by atoms with Crippen molar-refractivity contribution < 1.29 is 8.42 Å². The highest BCUT2D eigenvalue weighted by Gasteiger charge is 2.25. The van der Waals surface area contributed by atoms with Gasteiger partial charge in [0.1, 0.15) is 5.84 Å². The Labute approximate surface area is 90.6 Å². The van der Waals surface area contributed by atoms with Crippen LogP contribution in [-0.2, 0) is 10.0 Å². The van der Waals surface area contributed by atoms with Gasteiger partial charge in [-0.05, 0) is 6.92 Å². The average Bonchev–Trinajstić information content (AvgIpc) is 2.18. The Hall–Kier alpha value is -0.660. The van der Waals surface area contributed by atoms with Gasteiger partial charge in [-0.1, -0.05) is 0 Å². The SMILES string of the molecule is CCS(=O)(=O)N1CCN(CC(=N)N)CC1. The predicted molar refractivity (Wildman–Crippen MR) is 59.4 cm³/mol. The molecule has 1 aliphatic rings. The minimum Gasteiger partial charge on any atom is -0.387 e. The van der Waals surface area contributed by atoms with Crippen molar-refractivity contribution in [1.29, 1.82) is 5.41 Å². The molecule has 0 spiro atoms. The van der Waals surface area contributed by atoms with Gasteiger partial charge in [0.15, 0.2) is 0 Å². The van der Waals surface area contributed by atoms with Crippen LogP contribution in [0.4, 0.5) is 0 Å². The average molecular weight is 234 g/mol. The zero-order chi connectivity index (χ0) is 11.5. The zero-order valence-corrected chi connectivity index (χ0v) is 9.76. The predicted octanol–water partition coefficient (Wildman–Crippen LogP) is -1.11. The molecule has 1 aliphatic heterocycles. The summed E-state index contributed by atoms with van der Waals surface area (Å²) in [6.45, 7) is 4.39. The third-order valence-electron chi connectivity index (χ3n) is 2.48. The van der Waals surface area contributed by atoms with E-state index >= 15 is 0 Å². The molecule has 1 saturated heterocycles. The first-order valence-electron chi connectivity index (χ1n) is 4.99. The van der Waals surface area contributed by atoms with Crippen LogP contribution < -0.4 is 5.73 Å². The molecule has 0 aromatic heterocycles. The molecule has 0 atom stereocenters. The molecule has 0 aromatic carbocycles. The molecule has 1 rings (SSSR count). The van der Waals surface area contributed by atoms with Crippen molar-refractivity contribution in [3.63, 3.8) is 0 Å². The van der Waals surface area contributed by atoms with Crippen LogP contribution in [-0.4, -0.2) is 61.9 Å². The molecule has 88 valence electrons. The van der Waals surface area contributed by atoms with Crippen LogP contribution in [0.5, 0.6) is 0 Å². The van der Waals surface area contributed by atoms with E-state index in [0.717, 1.165) is 0 Å². The number of nitrogens with zero attached hydrogens (tertiary/aromatic N) is 2. The molecule has 0 amide bonds. The minimum atomic E-state index is -3.05. The summed E-state index contributed by atoms with van der Waals surface area (Å²) in [6.07, 6.45) is 0. The van der Waals surface area contributed by atoms with E-state index in [-0.39, 0.29) is 11.6 Å². The number of amidine groups is 1. The molecule has 1 fully saturated rings. The summed E-state index contributed by atoms with van der Waals surface area (Å²) in [7, 11) is -3.05. The van der Waals surface area contributed by atoms with Crippen LogP contribution in [0.3, 0.4) is 0 Å². The number of hydrogen-bond acceptors (Lipinski definition) is 4. The Kier molecular flexibility index (Phi) is 4.06. The van der Waals surface area contributed by atoms with E-state index in [1.54, 1.807) is 6.92 Å². The molecule has 3 N–H and O–H groups in total. The van der Waals surface area contributed by atoms with Crippen LogP contribution in [0, 0.1) is 5.41 Å². The number of piperazine rings is 1. The van der Waals surface area contributed by atoms with E-state index in [0.29, 0.717) is 32.7 Å². The Morgan fingerprint density at radius 3 is 2.27 bits per heavy atom. The van der Waals surface area contributed by atoms with E-state index in [1.165, 1.54) is 4.31 Å². The summed E-state index contributed by atoms with van der Waals surface area (Å²) in [5.74, 6) is 0.279. The van der Waals surface area contributed by atoms with E-state index in [1.807, 2.05) is 4.90 Å². The molecule has 0 aromatic rings. The van der Waals surface area contributed by atoms with Gasteiger partial charge in [0, 0.05) is 26.2 Å². The summed E-state index contributed by atoms with van der Waals surface area (Å²) < 4.78 is 24.6. The van der Waals surface area contributed by atoms with Crippen LogP contribution in [0.2, 0.25) is 0 Å². The highest BCUT2D eigenvalue weighted by molar-refractivity contribution is 7.89. The molecule has 0 saturated carbocycles. The zero-order valence-electron chi connectivity index (χ0n) is 8.94. The normalized spacial score (nSPS) is 20.3. The second-order valence-corrected chi connectivity index (χ2v) is 5.86. The van der Waals surface area contributed by atoms with E-state index in [2.05, 4.69) is 0 Å². The number of nitrogens with two attached hydrogens (primary N) is 1. The van der Waals surface area contributed by atoms with Gasteiger partial charge in [-0.3, -0.25) is 10.3 Å². The first-order chi connectivity index (χ1) is 6.95. The van der Waals surface area contributed by atoms with Crippen LogP contribution in [0.1, 0.15) is 6.92 Å². The summed E-state index contributed by atoms with van der Waals surface area (Å²) in [5, 5.41) is 7.14. The second kappa shape index (κ2) is 4.91. The van der Waals surface area contributed by atoms with Crippen LogP contribution in [0.25, 0.3) is 0 Å². The Morgan fingerprint density at radius 2 is 1.87 bits per heavy atom. The van der Waals surface area contributed by atoms with E-state index in [9.17, 15) is 8.42 Å². The first-order valence-corrected chi connectivity index (χ1v) is 6.59. The van der Waals surface area contributed by atoms with Crippen molar-refractivity contribution in [2.24, 2.45) is 5.73 Å². The van der Waals surface area contributed by atoms with E-state index in [4.69, 9.17) is 11.1 Å². The lowest BCUT2D eigenvalue weighted by Crippen LogP contribution is -2.50. The lowest BCUT2D eigenvalue weighted by molar-refractivity contribution is 0.209. The molecule has 0 aliphatic carbocycles. The molecule has 1 heterocycles. The Bertz CT molecular complexity index is 320. The Balaban J connectivity index is 2.46. The van der Waals surface area contributed by atoms with Crippen LogP contribution >= 0.6 is 0 Å². The third-order valence-corrected chi connectivity index (χ3v) is 4.36. The van der Waals surface area contributed by atoms with Gasteiger partial charge in [0.2, 0.25) is 10.0 Å². The van der Waals surface area contributed by atoms with Crippen LogP contribution in [0.15, 0.2) is 0 Å². The largest absolute Gasteiger partial charge is 0.387 e. The maximum absolute atomic E-state index is 11.5. The van der Waals surface area contributed by atoms with Crippen molar-refractivity contribution in [2.75, 3.05) is 38.5 Å². The van der Waals surface area contributed by atoms with Gasteiger partial charge in [-0.25, -0.2) is 8.42 Å². The van der Waals surface area contributed by atoms with Crippen molar-refractivity contribution in [3.05, 3.63) is 0 Å². The monoisotopic (exact) mass is 234 g/mol. The topological polar surface area (TPSA) is 90.5 Å². The maximum atomic E-state index is 11.5. The molecule has 0 bridgehead atoms. The van der Waals surface area contributed by atoms with Gasteiger partial charge in [-0.15, -0.1) is 0 Å². The standard InChI is InChI=1S/C8H18N4O2S/c1-2-15(13,14)12-5-3-11(4-6-12)7-8(9)10/h2-7H2,1H3,(H3,9,10).